The zero-order chi connectivity index (χ0) is 21.2. The summed E-state index contributed by atoms with van der Waals surface area (Å²) in [4.78, 5) is 20.4. The fourth-order valence-electron chi connectivity index (χ4n) is 4.45. The van der Waals surface area contributed by atoms with Crippen molar-refractivity contribution in [3.05, 3.63) is 108 Å². The molecule has 0 aliphatic carbocycles. The molecule has 1 fully saturated rings. The van der Waals surface area contributed by atoms with Gasteiger partial charge in [0.1, 0.15) is 11.5 Å². The standard InChI is InChI=1S/C26H24FN3O/c27-22-12-11-21-17-24(28-23(21)18-22)26(31)30-15-13-29(14-16-30)25(19-7-3-1-4-8-19)20-9-5-2-6-10-20/h1-12,17-18,25,28H,13-16H2. The Kier molecular flexibility index (Phi) is 5.26. The molecule has 5 rings (SSSR count). The maximum atomic E-state index is 13.5. The van der Waals surface area contributed by atoms with E-state index in [9.17, 15) is 9.18 Å². The van der Waals surface area contributed by atoms with Crippen LogP contribution in [-0.4, -0.2) is 46.9 Å². The van der Waals surface area contributed by atoms with E-state index < -0.39 is 0 Å². The third-order valence-electron chi connectivity index (χ3n) is 6.01. The number of piperazine rings is 1. The molecule has 0 atom stereocenters. The van der Waals surface area contributed by atoms with Gasteiger partial charge in [-0.05, 0) is 35.4 Å². The highest BCUT2D eigenvalue weighted by atomic mass is 19.1. The average Bonchev–Trinajstić information content (AvgIpc) is 3.24. The monoisotopic (exact) mass is 413 g/mol. The lowest BCUT2D eigenvalue weighted by molar-refractivity contribution is 0.0592. The second-order valence-electron chi connectivity index (χ2n) is 7.97. The maximum Gasteiger partial charge on any atom is 0.270 e. The van der Waals surface area contributed by atoms with Crippen LogP contribution in [0, 0.1) is 5.82 Å². The molecule has 5 heteroatoms. The van der Waals surface area contributed by atoms with Gasteiger partial charge in [-0.1, -0.05) is 60.7 Å². The summed E-state index contributed by atoms with van der Waals surface area (Å²) in [5.74, 6) is -0.345. The van der Waals surface area contributed by atoms with Crippen LogP contribution in [0.3, 0.4) is 0 Å². The number of hydrogen-bond donors (Lipinski definition) is 1. The minimum atomic E-state index is -0.310. The van der Waals surface area contributed by atoms with E-state index in [0.29, 0.717) is 24.3 Å². The Bertz CT molecular complexity index is 1140. The van der Waals surface area contributed by atoms with E-state index in [-0.39, 0.29) is 17.8 Å². The van der Waals surface area contributed by atoms with Crippen molar-refractivity contribution in [3.63, 3.8) is 0 Å². The van der Waals surface area contributed by atoms with E-state index in [4.69, 9.17) is 0 Å². The Labute approximate surface area is 180 Å². The first-order valence-electron chi connectivity index (χ1n) is 10.6. The fourth-order valence-corrected chi connectivity index (χ4v) is 4.45. The van der Waals surface area contributed by atoms with E-state index in [1.165, 1.54) is 23.3 Å². The lowest BCUT2D eigenvalue weighted by atomic mass is 9.96. The SMILES string of the molecule is O=C(c1cc2ccc(F)cc2[nH]1)N1CCN(C(c2ccccc2)c2ccccc2)CC1. The number of H-pyrrole nitrogens is 1. The fraction of sp³-hybridized carbons (Fsp3) is 0.192. The molecule has 0 bridgehead atoms. The zero-order valence-electron chi connectivity index (χ0n) is 17.2. The second-order valence-corrected chi connectivity index (χ2v) is 7.97. The molecule has 2 heterocycles. The van der Waals surface area contributed by atoms with Gasteiger partial charge in [-0.15, -0.1) is 0 Å². The summed E-state index contributed by atoms with van der Waals surface area (Å²) in [5.41, 5.74) is 3.67. The van der Waals surface area contributed by atoms with Crippen LogP contribution in [0.15, 0.2) is 84.9 Å². The van der Waals surface area contributed by atoms with Gasteiger partial charge in [-0.2, -0.15) is 0 Å². The molecule has 3 aromatic carbocycles. The van der Waals surface area contributed by atoms with Crippen LogP contribution >= 0.6 is 0 Å². The van der Waals surface area contributed by atoms with Crippen LogP contribution in [0.2, 0.25) is 0 Å². The number of benzene rings is 3. The zero-order valence-corrected chi connectivity index (χ0v) is 17.2. The number of nitrogens with zero attached hydrogens (tertiary/aromatic N) is 2. The van der Waals surface area contributed by atoms with E-state index in [1.54, 1.807) is 12.1 Å². The summed E-state index contributed by atoms with van der Waals surface area (Å²) >= 11 is 0. The van der Waals surface area contributed by atoms with Crippen molar-refractivity contribution in [2.24, 2.45) is 0 Å². The van der Waals surface area contributed by atoms with Gasteiger partial charge in [-0.3, -0.25) is 9.69 Å². The molecule has 1 aromatic heterocycles. The maximum absolute atomic E-state index is 13.5. The Balaban J connectivity index is 1.34. The summed E-state index contributed by atoms with van der Waals surface area (Å²) < 4.78 is 13.5. The topological polar surface area (TPSA) is 39.3 Å². The minimum absolute atomic E-state index is 0.0350. The largest absolute Gasteiger partial charge is 0.350 e. The smallest absolute Gasteiger partial charge is 0.270 e. The molecular formula is C26H24FN3O. The van der Waals surface area contributed by atoms with E-state index in [0.717, 1.165) is 18.5 Å². The molecule has 1 aliphatic heterocycles. The van der Waals surface area contributed by atoms with Crippen molar-refractivity contribution < 1.29 is 9.18 Å². The highest BCUT2D eigenvalue weighted by Gasteiger charge is 2.29. The van der Waals surface area contributed by atoms with Gasteiger partial charge < -0.3 is 9.88 Å². The van der Waals surface area contributed by atoms with Gasteiger partial charge in [0.2, 0.25) is 0 Å². The Morgan fingerprint density at radius 1 is 0.806 bits per heavy atom. The molecule has 1 aliphatic rings. The third-order valence-corrected chi connectivity index (χ3v) is 6.01. The molecule has 4 aromatic rings. The van der Waals surface area contributed by atoms with Gasteiger partial charge in [0.05, 0.1) is 6.04 Å². The highest BCUT2D eigenvalue weighted by Crippen LogP contribution is 2.29. The molecule has 156 valence electrons. The number of fused-ring (bicyclic) bond motifs is 1. The minimum Gasteiger partial charge on any atom is -0.350 e. The summed E-state index contributed by atoms with van der Waals surface area (Å²) in [6.45, 7) is 2.88. The Morgan fingerprint density at radius 3 is 2.03 bits per heavy atom. The first kappa shape index (κ1) is 19.5. The van der Waals surface area contributed by atoms with Crippen LogP contribution in [-0.2, 0) is 0 Å². The van der Waals surface area contributed by atoms with Crippen LogP contribution in [0.25, 0.3) is 10.9 Å². The molecule has 0 spiro atoms. The predicted octanol–water partition coefficient (Wildman–Crippen LogP) is 4.85. The lowest BCUT2D eigenvalue weighted by Crippen LogP contribution is -2.50. The van der Waals surface area contributed by atoms with Gasteiger partial charge in [0.15, 0.2) is 0 Å². The van der Waals surface area contributed by atoms with Crippen molar-refractivity contribution in [3.8, 4) is 0 Å². The number of carbonyl (C=O) groups excluding carboxylic acids is 1. The van der Waals surface area contributed by atoms with Crippen LogP contribution < -0.4 is 0 Å². The third kappa shape index (κ3) is 3.97. The average molecular weight is 413 g/mol. The molecule has 1 saturated heterocycles. The number of nitrogens with one attached hydrogen (secondary N) is 1. The number of rotatable bonds is 4. The number of amides is 1. The molecule has 1 N–H and O–H groups in total. The van der Waals surface area contributed by atoms with E-state index in [2.05, 4.69) is 58.4 Å². The summed E-state index contributed by atoms with van der Waals surface area (Å²) in [5, 5.41) is 0.844. The molecular weight excluding hydrogens is 389 g/mol. The van der Waals surface area contributed by atoms with Crippen LogP contribution in [0.4, 0.5) is 4.39 Å². The van der Waals surface area contributed by atoms with Crippen molar-refractivity contribution in [2.45, 2.75) is 6.04 Å². The quantitative estimate of drug-likeness (QED) is 0.519. The molecule has 31 heavy (non-hydrogen) atoms. The van der Waals surface area contributed by atoms with Crippen molar-refractivity contribution >= 4 is 16.8 Å². The number of halogens is 1. The second kappa shape index (κ2) is 8.36. The van der Waals surface area contributed by atoms with Gasteiger partial charge in [-0.25, -0.2) is 4.39 Å². The van der Waals surface area contributed by atoms with Gasteiger partial charge in [0.25, 0.3) is 5.91 Å². The van der Waals surface area contributed by atoms with Crippen LogP contribution in [0.1, 0.15) is 27.7 Å². The number of carbonyl (C=O) groups is 1. The molecule has 4 nitrogen and oxygen atoms in total. The van der Waals surface area contributed by atoms with E-state index in [1.807, 2.05) is 17.0 Å². The van der Waals surface area contributed by atoms with Crippen molar-refractivity contribution in [1.82, 2.24) is 14.8 Å². The van der Waals surface area contributed by atoms with E-state index >= 15 is 0 Å². The Morgan fingerprint density at radius 2 is 1.42 bits per heavy atom. The Hall–Kier alpha value is -3.44. The summed E-state index contributed by atoms with van der Waals surface area (Å²) in [7, 11) is 0. The number of aromatic amines is 1. The number of hydrogen-bond acceptors (Lipinski definition) is 2. The molecule has 0 saturated carbocycles. The highest BCUT2D eigenvalue weighted by molar-refractivity contribution is 5.98. The van der Waals surface area contributed by atoms with Crippen molar-refractivity contribution in [1.29, 1.82) is 0 Å². The van der Waals surface area contributed by atoms with Crippen molar-refractivity contribution in [2.75, 3.05) is 26.2 Å². The summed E-state index contributed by atoms with van der Waals surface area (Å²) in [6.07, 6.45) is 0. The lowest BCUT2D eigenvalue weighted by Gasteiger charge is -2.39. The molecule has 0 unspecified atom stereocenters. The van der Waals surface area contributed by atoms with Gasteiger partial charge >= 0.3 is 0 Å². The summed E-state index contributed by atoms with van der Waals surface area (Å²) in [6, 6.07) is 27.5. The number of aromatic nitrogens is 1. The van der Waals surface area contributed by atoms with Gasteiger partial charge in [0, 0.05) is 37.1 Å². The first-order valence-corrected chi connectivity index (χ1v) is 10.6. The predicted molar refractivity (Wildman–Crippen MR) is 120 cm³/mol. The normalized spacial score (nSPS) is 15.0. The first-order chi connectivity index (χ1) is 15.2. The molecule has 0 radical (unpaired) electrons. The van der Waals surface area contributed by atoms with Crippen LogP contribution in [0.5, 0.6) is 0 Å². The molecule has 1 amide bonds.